The second-order valence-electron chi connectivity index (χ2n) is 6.68. The van der Waals surface area contributed by atoms with Crippen LogP contribution in [-0.2, 0) is 9.59 Å². The van der Waals surface area contributed by atoms with Crippen LogP contribution in [0.1, 0.15) is 30.0 Å². The van der Waals surface area contributed by atoms with Gasteiger partial charge in [-0.1, -0.05) is 31.2 Å². The Balaban J connectivity index is 1.92. The van der Waals surface area contributed by atoms with Gasteiger partial charge in [0.25, 0.3) is 11.1 Å². The number of hydrogen-bond acceptors (Lipinski definition) is 5. The SMILES string of the molecule is CCC(Oc1ccccc1/C=C1/SC(=O)N(c2ccc(C)c(C)c2)C1=O)C(=O)O. The van der Waals surface area contributed by atoms with Crippen molar-refractivity contribution in [2.75, 3.05) is 4.90 Å². The number of anilines is 1. The van der Waals surface area contributed by atoms with Gasteiger partial charge in [0.2, 0.25) is 0 Å². The van der Waals surface area contributed by atoms with E-state index in [1.54, 1.807) is 43.3 Å². The minimum absolute atomic E-state index is 0.257. The summed E-state index contributed by atoms with van der Waals surface area (Å²) in [6, 6.07) is 12.3. The zero-order valence-electron chi connectivity index (χ0n) is 16.3. The van der Waals surface area contributed by atoms with Gasteiger partial charge in [0.05, 0.1) is 10.6 Å². The summed E-state index contributed by atoms with van der Waals surface area (Å²) in [4.78, 5) is 38.1. The third kappa shape index (κ3) is 4.35. The maximum Gasteiger partial charge on any atom is 0.344 e. The van der Waals surface area contributed by atoms with Crippen LogP contribution in [0, 0.1) is 13.8 Å². The van der Waals surface area contributed by atoms with E-state index in [0.717, 1.165) is 27.8 Å². The first-order chi connectivity index (χ1) is 13.8. The molecule has 29 heavy (non-hydrogen) atoms. The first-order valence-electron chi connectivity index (χ1n) is 9.15. The molecule has 0 saturated carbocycles. The van der Waals surface area contributed by atoms with Crippen LogP contribution in [-0.4, -0.2) is 28.3 Å². The van der Waals surface area contributed by atoms with E-state index in [4.69, 9.17) is 4.74 Å². The highest BCUT2D eigenvalue weighted by Gasteiger charge is 2.36. The van der Waals surface area contributed by atoms with Gasteiger partial charge >= 0.3 is 5.97 Å². The summed E-state index contributed by atoms with van der Waals surface area (Å²) < 4.78 is 5.61. The minimum Gasteiger partial charge on any atom is -0.479 e. The maximum absolute atomic E-state index is 12.9. The number of carbonyl (C=O) groups is 3. The first-order valence-corrected chi connectivity index (χ1v) is 9.97. The van der Waals surface area contributed by atoms with Gasteiger partial charge in [0.1, 0.15) is 5.75 Å². The largest absolute Gasteiger partial charge is 0.479 e. The van der Waals surface area contributed by atoms with Crippen LogP contribution in [0.25, 0.3) is 6.08 Å². The number of benzene rings is 2. The van der Waals surface area contributed by atoms with Crippen LogP contribution in [0.5, 0.6) is 5.75 Å². The number of ether oxygens (including phenoxy) is 1. The number of hydrogen-bond donors (Lipinski definition) is 1. The number of thioether (sulfide) groups is 1. The second kappa shape index (κ2) is 8.53. The molecule has 6 nitrogen and oxygen atoms in total. The lowest BCUT2D eigenvalue weighted by atomic mass is 10.1. The van der Waals surface area contributed by atoms with E-state index in [1.807, 2.05) is 26.0 Å². The third-order valence-electron chi connectivity index (χ3n) is 4.66. The summed E-state index contributed by atoms with van der Waals surface area (Å²) in [6.07, 6.45) is 0.873. The van der Waals surface area contributed by atoms with Crippen LogP contribution in [0.2, 0.25) is 0 Å². The van der Waals surface area contributed by atoms with Gasteiger partial charge in [0, 0.05) is 5.56 Å². The summed E-state index contributed by atoms with van der Waals surface area (Å²) in [5, 5.41) is 8.86. The predicted molar refractivity (Wildman–Crippen MR) is 113 cm³/mol. The molecule has 1 heterocycles. The zero-order valence-corrected chi connectivity index (χ0v) is 17.2. The second-order valence-corrected chi connectivity index (χ2v) is 7.67. The number of rotatable bonds is 6. The average molecular weight is 411 g/mol. The quantitative estimate of drug-likeness (QED) is 0.688. The van der Waals surface area contributed by atoms with Crippen LogP contribution in [0.3, 0.4) is 0 Å². The molecule has 7 heteroatoms. The van der Waals surface area contributed by atoms with Crippen molar-refractivity contribution < 1.29 is 24.2 Å². The number of carboxylic acid groups (broad SMARTS) is 1. The standard InChI is InChI=1S/C22H21NO5S/c1-4-17(21(25)26)28-18-8-6-5-7-15(18)12-19-20(24)23(22(27)29-19)16-10-9-13(2)14(3)11-16/h5-12,17H,4H2,1-3H3,(H,25,26)/b19-12+. The van der Waals surface area contributed by atoms with Crippen LogP contribution in [0.15, 0.2) is 47.4 Å². The van der Waals surface area contributed by atoms with Crippen molar-refractivity contribution >= 4 is 40.6 Å². The summed E-state index contributed by atoms with van der Waals surface area (Å²) in [6.45, 7) is 5.61. The summed E-state index contributed by atoms with van der Waals surface area (Å²) in [5.74, 6) is -1.12. The van der Waals surface area contributed by atoms with Gasteiger partial charge in [0.15, 0.2) is 6.10 Å². The minimum atomic E-state index is -1.06. The number of imide groups is 1. The van der Waals surface area contributed by atoms with Crippen LogP contribution in [0.4, 0.5) is 10.5 Å². The first kappa shape index (κ1) is 20.7. The molecule has 150 valence electrons. The molecule has 1 saturated heterocycles. The fourth-order valence-corrected chi connectivity index (χ4v) is 3.70. The van der Waals surface area contributed by atoms with Crippen molar-refractivity contribution in [2.45, 2.75) is 33.3 Å². The van der Waals surface area contributed by atoms with E-state index < -0.39 is 18.0 Å². The van der Waals surface area contributed by atoms with Gasteiger partial charge in [-0.3, -0.25) is 9.59 Å². The van der Waals surface area contributed by atoms with Crippen molar-refractivity contribution in [3.8, 4) is 5.75 Å². The molecular formula is C22H21NO5S. The monoisotopic (exact) mass is 411 g/mol. The van der Waals surface area contributed by atoms with E-state index in [9.17, 15) is 19.5 Å². The molecule has 1 aliphatic heterocycles. The molecule has 0 spiro atoms. The Hall–Kier alpha value is -3.06. The normalized spacial score (nSPS) is 16.4. The predicted octanol–water partition coefficient (Wildman–Crippen LogP) is 4.79. The average Bonchev–Trinajstić information content (AvgIpc) is 2.96. The fraction of sp³-hybridized carbons (Fsp3) is 0.227. The molecule has 1 atom stereocenters. The maximum atomic E-state index is 12.9. The molecule has 0 aliphatic carbocycles. The smallest absolute Gasteiger partial charge is 0.344 e. The summed E-state index contributed by atoms with van der Waals surface area (Å²) in [5.41, 5.74) is 3.13. The van der Waals surface area contributed by atoms with E-state index in [2.05, 4.69) is 0 Å². The molecule has 0 radical (unpaired) electrons. The fourth-order valence-electron chi connectivity index (χ4n) is 2.86. The lowest BCUT2D eigenvalue weighted by Gasteiger charge is -2.15. The van der Waals surface area contributed by atoms with Crippen molar-refractivity contribution in [1.29, 1.82) is 0 Å². The molecule has 0 aromatic heterocycles. The Kier molecular flexibility index (Phi) is 6.08. The third-order valence-corrected chi connectivity index (χ3v) is 5.53. The van der Waals surface area contributed by atoms with Crippen molar-refractivity contribution in [2.24, 2.45) is 0 Å². The highest BCUT2D eigenvalue weighted by atomic mass is 32.2. The molecular weight excluding hydrogens is 390 g/mol. The Bertz CT molecular complexity index is 1010. The van der Waals surface area contributed by atoms with Crippen molar-refractivity contribution in [3.05, 3.63) is 64.1 Å². The number of carbonyl (C=O) groups excluding carboxylic acids is 2. The number of nitrogens with zero attached hydrogens (tertiary/aromatic N) is 1. The molecule has 1 unspecified atom stereocenters. The Morgan fingerprint density at radius 3 is 2.55 bits per heavy atom. The van der Waals surface area contributed by atoms with Crippen LogP contribution >= 0.6 is 11.8 Å². The molecule has 3 rings (SSSR count). The van der Waals surface area contributed by atoms with E-state index in [0.29, 0.717) is 23.4 Å². The number of carboxylic acids is 1. The lowest BCUT2D eigenvalue weighted by Crippen LogP contribution is -2.27. The molecule has 2 aromatic rings. The molecule has 1 aliphatic rings. The number of aliphatic carboxylic acids is 1. The van der Waals surface area contributed by atoms with Gasteiger partial charge in [-0.2, -0.15) is 0 Å². The van der Waals surface area contributed by atoms with Gasteiger partial charge in [-0.05, 0) is 67.4 Å². The highest BCUT2D eigenvalue weighted by Crippen LogP contribution is 2.37. The number of para-hydroxylation sites is 1. The van der Waals surface area contributed by atoms with Gasteiger partial charge in [-0.15, -0.1) is 0 Å². The van der Waals surface area contributed by atoms with E-state index in [-0.39, 0.29) is 10.1 Å². The zero-order chi connectivity index (χ0) is 21.1. The number of amides is 2. The molecule has 2 aromatic carbocycles. The van der Waals surface area contributed by atoms with Crippen LogP contribution < -0.4 is 9.64 Å². The molecule has 1 fully saturated rings. The molecule has 2 amide bonds. The van der Waals surface area contributed by atoms with Crippen molar-refractivity contribution in [3.63, 3.8) is 0 Å². The van der Waals surface area contributed by atoms with Gasteiger partial charge in [-0.25, -0.2) is 9.69 Å². The van der Waals surface area contributed by atoms with E-state index >= 15 is 0 Å². The molecule has 1 N–H and O–H groups in total. The number of aryl methyl sites for hydroxylation is 2. The molecule has 0 bridgehead atoms. The summed E-state index contributed by atoms with van der Waals surface area (Å²) >= 11 is 0.848. The lowest BCUT2D eigenvalue weighted by molar-refractivity contribution is -0.145. The Morgan fingerprint density at radius 1 is 1.17 bits per heavy atom. The van der Waals surface area contributed by atoms with E-state index in [1.165, 1.54) is 0 Å². The Labute approximate surface area is 173 Å². The Morgan fingerprint density at radius 2 is 1.90 bits per heavy atom. The highest BCUT2D eigenvalue weighted by molar-refractivity contribution is 8.19. The summed E-state index contributed by atoms with van der Waals surface area (Å²) in [7, 11) is 0. The topological polar surface area (TPSA) is 83.9 Å². The van der Waals surface area contributed by atoms with Crippen molar-refractivity contribution in [1.82, 2.24) is 0 Å². The van der Waals surface area contributed by atoms with Gasteiger partial charge < -0.3 is 9.84 Å².